The van der Waals surface area contributed by atoms with Gasteiger partial charge in [-0.2, -0.15) is 0 Å². The average molecular weight is 393 g/mol. The van der Waals surface area contributed by atoms with E-state index in [2.05, 4.69) is 22.5 Å². The zero-order valence-corrected chi connectivity index (χ0v) is 16.7. The predicted molar refractivity (Wildman–Crippen MR) is 108 cm³/mol. The highest BCUT2D eigenvalue weighted by Crippen LogP contribution is 2.38. The zero-order valence-electron chi connectivity index (χ0n) is 16.0. The largest absolute Gasteiger partial charge is 0.489 e. The number of hydrogen-bond donors (Lipinski definition) is 2. The Morgan fingerprint density at radius 3 is 2.93 bits per heavy atom. The van der Waals surface area contributed by atoms with Gasteiger partial charge in [-0.3, -0.25) is 4.90 Å². The van der Waals surface area contributed by atoms with E-state index in [1.54, 1.807) is 0 Å². The molecule has 6 nitrogen and oxygen atoms in total. The Bertz CT molecular complexity index is 693. The molecule has 1 aromatic rings. The van der Waals surface area contributed by atoms with Gasteiger partial charge in [0, 0.05) is 38.1 Å². The van der Waals surface area contributed by atoms with Gasteiger partial charge in [0.2, 0.25) is 0 Å². The number of nitrogens with zero attached hydrogens (tertiary/aromatic N) is 2. The Balaban J connectivity index is 1.41. The molecule has 2 fully saturated rings. The first-order valence-corrected chi connectivity index (χ1v) is 10.5. The molecule has 0 spiro atoms. The first-order chi connectivity index (χ1) is 13.2. The molecule has 1 saturated heterocycles. The van der Waals surface area contributed by atoms with Crippen LogP contribution in [0.4, 0.5) is 0 Å². The second kappa shape index (κ2) is 8.57. The molecule has 27 heavy (non-hydrogen) atoms. The SMILES string of the molecule is CCNC(=NCc1cc(Cl)c2c(c1)OCCCO2)NC1CCN(C2CC2)C1. The number of hydrogen-bond acceptors (Lipinski definition) is 4. The van der Waals surface area contributed by atoms with Gasteiger partial charge in [0.15, 0.2) is 17.5 Å². The van der Waals surface area contributed by atoms with Gasteiger partial charge in [0.1, 0.15) is 0 Å². The van der Waals surface area contributed by atoms with Crippen molar-refractivity contribution >= 4 is 17.6 Å². The summed E-state index contributed by atoms with van der Waals surface area (Å²) >= 11 is 6.40. The number of rotatable bonds is 5. The second-order valence-electron chi connectivity index (χ2n) is 7.51. The Labute approximate surface area is 166 Å². The van der Waals surface area contributed by atoms with Crippen molar-refractivity contribution in [1.82, 2.24) is 15.5 Å². The van der Waals surface area contributed by atoms with Crippen LogP contribution in [0.2, 0.25) is 5.02 Å². The van der Waals surface area contributed by atoms with Crippen LogP contribution in [-0.2, 0) is 6.54 Å². The van der Waals surface area contributed by atoms with Crippen molar-refractivity contribution in [2.45, 2.75) is 51.2 Å². The monoisotopic (exact) mass is 392 g/mol. The molecule has 1 saturated carbocycles. The van der Waals surface area contributed by atoms with Gasteiger partial charge in [0.05, 0.1) is 24.8 Å². The van der Waals surface area contributed by atoms with Crippen LogP contribution in [0.5, 0.6) is 11.5 Å². The maximum absolute atomic E-state index is 6.40. The van der Waals surface area contributed by atoms with Gasteiger partial charge < -0.3 is 20.1 Å². The van der Waals surface area contributed by atoms with Crippen LogP contribution >= 0.6 is 11.6 Å². The fraction of sp³-hybridized carbons (Fsp3) is 0.650. The smallest absolute Gasteiger partial charge is 0.191 e. The number of benzene rings is 1. The van der Waals surface area contributed by atoms with Gasteiger partial charge in [0.25, 0.3) is 0 Å². The lowest BCUT2D eigenvalue weighted by Crippen LogP contribution is -2.44. The predicted octanol–water partition coefficient (Wildman–Crippen LogP) is 2.79. The molecule has 0 radical (unpaired) electrons. The fourth-order valence-corrected chi connectivity index (χ4v) is 4.02. The highest BCUT2D eigenvalue weighted by Gasteiger charge is 2.34. The maximum atomic E-state index is 6.40. The van der Waals surface area contributed by atoms with Crippen molar-refractivity contribution in [3.63, 3.8) is 0 Å². The molecule has 1 atom stereocenters. The third kappa shape index (κ3) is 4.79. The van der Waals surface area contributed by atoms with E-state index in [1.165, 1.54) is 25.8 Å². The van der Waals surface area contributed by atoms with Crippen molar-refractivity contribution in [3.05, 3.63) is 22.7 Å². The highest BCUT2D eigenvalue weighted by atomic mass is 35.5. The lowest BCUT2D eigenvalue weighted by molar-refractivity contribution is 0.297. The van der Waals surface area contributed by atoms with Crippen LogP contribution in [-0.4, -0.2) is 55.8 Å². The number of guanidine groups is 1. The van der Waals surface area contributed by atoms with Crippen molar-refractivity contribution < 1.29 is 9.47 Å². The van der Waals surface area contributed by atoms with Crippen molar-refractivity contribution in [2.24, 2.45) is 4.99 Å². The molecule has 7 heteroatoms. The van der Waals surface area contributed by atoms with Crippen LogP contribution in [0.25, 0.3) is 0 Å². The minimum Gasteiger partial charge on any atom is -0.489 e. The summed E-state index contributed by atoms with van der Waals surface area (Å²) in [5.74, 6) is 2.24. The molecule has 1 aliphatic carbocycles. The van der Waals surface area contributed by atoms with E-state index in [0.717, 1.165) is 42.8 Å². The molecule has 3 aliphatic rings. The molecule has 148 valence electrons. The normalized spacial score (nSPS) is 23.2. The Morgan fingerprint density at radius 2 is 2.11 bits per heavy atom. The summed E-state index contributed by atoms with van der Waals surface area (Å²) in [6.45, 7) is 7.08. The van der Waals surface area contributed by atoms with Crippen molar-refractivity contribution in [2.75, 3.05) is 32.8 Å². The van der Waals surface area contributed by atoms with Crippen LogP contribution in [0, 0.1) is 0 Å². The Hall–Kier alpha value is -1.66. The number of halogens is 1. The maximum Gasteiger partial charge on any atom is 0.191 e. The van der Waals surface area contributed by atoms with E-state index < -0.39 is 0 Å². The lowest BCUT2D eigenvalue weighted by Gasteiger charge is -2.18. The number of aliphatic imine (C=N–C) groups is 1. The molecule has 1 unspecified atom stereocenters. The van der Waals surface area contributed by atoms with E-state index in [-0.39, 0.29) is 0 Å². The number of fused-ring (bicyclic) bond motifs is 1. The number of nitrogens with one attached hydrogen (secondary N) is 2. The summed E-state index contributed by atoms with van der Waals surface area (Å²) < 4.78 is 11.5. The second-order valence-corrected chi connectivity index (χ2v) is 7.91. The zero-order chi connectivity index (χ0) is 18.6. The molecule has 0 amide bonds. The van der Waals surface area contributed by atoms with Gasteiger partial charge >= 0.3 is 0 Å². The average Bonchev–Trinajstić information content (AvgIpc) is 3.44. The topological polar surface area (TPSA) is 58.1 Å². The summed E-state index contributed by atoms with van der Waals surface area (Å²) in [7, 11) is 0. The molecule has 4 rings (SSSR count). The van der Waals surface area contributed by atoms with E-state index in [9.17, 15) is 0 Å². The lowest BCUT2D eigenvalue weighted by atomic mass is 10.2. The summed E-state index contributed by atoms with van der Waals surface area (Å²) in [5, 5.41) is 7.54. The standard InChI is InChI=1S/C20H29ClN4O2/c1-2-22-20(24-15-6-7-25(13-15)16-4-5-16)23-12-14-10-17(21)19-18(11-14)26-8-3-9-27-19/h10-11,15-16H,2-9,12-13H2,1H3,(H2,22,23,24). The first-order valence-electron chi connectivity index (χ1n) is 10.1. The summed E-state index contributed by atoms with van der Waals surface area (Å²) in [6, 6.07) is 5.22. The third-order valence-electron chi connectivity index (χ3n) is 5.25. The van der Waals surface area contributed by atoms with Crippen molar-refractivity contribution in [1.29, 1.82) is 0 Å². The molecule has 2 aliphatic heterocycles. The number of ether oxygens (including phenoxy) is 2. The minimum absolute atomic E-state index is 0.468. The summed E-state index contributed by atoms with van der Waals surface area (Å²) in [5.41, 5.74) is 1.02. The molecular formula is C20H29ClN4O2. The van der Waals surface area contributed by atoms with Crippen LogP contribution in [0.3, 0.4) is 0 Å². The van der Waals surface area contributed by atoms with Crippen LogP contribution < -0.4 is 20.1 Å². The Morgan fingerprint density at radius 1 is 1.26 bits per heavy atom. The summed E-state index contributed by atoms with van der Waals surface area (Å²) in [4.78, 5) is 7.37. The molecular weight excluding hydrogens is 364 g/mol. The van der Waals surface area contributed by atoms with Gasteiger partial charge in [-0.05, 0) is 43.9 Å². The first kappa shape index (κ1) is 18.7. The molecule has 0 bridgehead atoms. The minimum atomic E-state index is 0.468. The van der Waals surface area contributed by atoms with Crippen molar-refractivity contribution in [3.8, 4) is 11.5 Å². The number of likely N-dealkylation sites (tertiary alicyclic amines) is 1. The highest BCUT2D eigenvalue weighted by molar-refractivity contribution is 6.32. The van der Waals surface area contributed by atoms with Gasteiger partial charge in [-0.15, -0.1) is 0 Å². The molecule has 1 aromatic carbocycles. The Kier molecular flexibility index (Phi) is 5.93. The van der Waals surface area contributed by atoms with Gasteiger partial charge in [-0.1, -0.05) is 11.6 Å². The molecule has 2 heterocycles. The summed E-state index contributed by atoms with van der Waals surface area (Å²) in [6.07, 6.45) is 4.78. The van der Waals surface area contributed by atoms with Crippen LogP contribution in [0.15, 0.2) is 17.1 Å². The molecule has 0 aromatic heterocycles. The van der Waals surface area contributed by atoms with E-state index >= 15 is 0 Å². The van der Waals surface area contributed by atoms with Crippen LogP contribution in [0.1, 0.15) is 38.2 Å². The van der Waals surface area contributed by atoms with Gasteiger partial charge in [-0.25, -0.2) is 4.99 Å². The third-order valence-corrected chi connectivity index (χ3v) is 5.53. The van der Waals surface area contributed by atoms with E-state index in [4.69, 9.17) is 26.1 Å². The molecule has 2 N–H and O–H groups in total. The fourth-order valence-electron chi connectivity index (χ4n) is 3.74. The quantitative estimate of drug-likeness (QED) is 0.596. The van der Waals surface area contributed by atoms with E-state index in [0.29, 0.717) is 36.6 Å². The van der Waals surface area contributed by atoms with E-state index in [1.807, 2.05) is 12.1 Å².